The fraction of sp³-hybridized carbons (Fsp3) is 0.571. The number of carbonyl (C=O) groups is 2. The van der Waals surface area contributed by atoms with Crippen LogP contribution in [0.25, 0.3) is 10.1 Å². The second kappa shape index (κ2) is 7.12. The van der Waals surface area contributed by atoms with Gasteiger partial charge < -0.3 is 10.2 Å². The molecule has 148 valence electrons. The first kappa shape index (κ1) is 18.1. The number of amides is 2. The monoisotopic (exact) mass is 398 g/mol. The van der Waals surface area contributed by atoms with Crippen LogP contribution in [0.4, 0.5) is 0 Å². The lowest BCUT2D eigenvalue weighted by Crippen LogP contribution is -2.62. The third-order valence-electron chi connectivity index (χ3n) is 6.79. The highest BCUT2D eigenvalue weighted by Gasteiger charge is 2.40. The van der Waals surface area contributed by atoms with Gasteiger partial charge in [-0.15, -0.1) is 11.3 Å². The molecule has 4 aliphatic rings. The molecule has 7 heteroatoms. The van der Waals surface area contributed by atoms with Crippen molar-refractivity contribution in [3.05, 3.63) is 28.9 Å². The van der Waals surface area contributed by atoms with Gasteiger partial charge in [-0.1, -0.05) is 0 Å². The van der Waals surface area contributed by atoms with E-state index in [9.17, 15) is 9.59 Å². The Bertz CT molecular complexity index is 910. The summed E-state index contributed by atoms with van der Waals surface area (Å²) in [6.07, 6.45) is 6.18. The molecule has 2 amide bonds. The molecular weight excluding hydrogens is 372 g/mol. The standard InChI is InChI=1S/C21H26N4O2S/c1-13-19(14-4-8-24(13)9-5-14)23-20(26)17-10-15-16(12-28-18(15)11-22-17)21(27)25-6-2-3-7-25/h10-14,19H,2-9H2,1H3,(H,23,26)/t13-,19-/m0/s1. The lowest BCUT2D eigenvalue weighted by molar-refractivity contribution is 0.0216. The number of nitrogens with zero attached hydrogens (tertiary/aromatic N) is 3. The number of nitrogens with one attached hydrogen (secondary N) is 1. The predicted octanol–water partition coefficient (Wildman–Crippen LogP) is 2.74. The first-order chi connectivity index (χ1) is 13.6. The summed E-state index contributed by atoms with van der Waals surface area (Å²) in [5.74, 6) is 0.506. The summed E-state index contributed by atoms with van der Waals surface area (Å²) in [6, 6.07) is 2.35. The van der Waals surface area contributed by atoms with E-state index in [-0.39, 0.29) is 17.9 Å². The number of hydrogen-bond donors (Lipinski definition) is 1. The Hall–Kier alpha value is -1.99. The van der Waals surface area contributed by atoms with Crippen LogP contribution in [-0.2, 0) is 0 Å². The molecule has 0 aliphatic carbocycles. The third kappa shape index (κ3) is 3.01. The van der Waals surface area contributed by atoms with Crippen molar-refractivity contribution in [2.24, 2.45) is 5.92 Å². The lowest BCUT2D eigenvalue weighted by atomic mass is 9.79. The maximum atomic E-state index is 13.0. The minimum absolute atomic E-state index is 0.0762. The molecule has 0 spiro atoms. The van der Waals surface area contributed by atoms with Gasteiger partial charge in [0.15, 0.2) is 0 Å². The zero-order valence-electron chi connectivity index (χ0n) is 16.2. The Kier molecular flexibility index (Phi) is 4.59. The van der Waals surface area contributed by atoms with E-state index in [0.29, 0.717) is 23.2 Å². The van der Waals surface area contributed by atoms with Gasteiger partial charge in [-0.05, 0) is 57.7 Å². The SMILES string of the molecule is C[C@H]1[C@H](NC(=O)c2cc3c(C(=O)N4CCCC4)csc3cn2)C2CCN1CC2. The molecule has 0 saturated carbocycles. The summed E-state index contributed by atoms with van der Waals surface area (Å²) in [4.78, 5) is 34.6. The fourth-order valence-electron chi connectivity index (χ4n) is 5.08. The molecule has 28 heavy (non-hydrogen) atoms. The van der Waals surface area contributed by atoms with Crippen molar-refractivity contribution in [2.45, 2.75) is 44.7 Å². The van der Waals surface area contributed by atoms with Crippen LogP contribution in [-0.4, -0.2) is 64.9 Å². The molecule has 2 aromatic heterocycles. The van der Waals surface area contributed by atoms with Crippen molar-refractivity contribution in [1.29, 1.82) is 0 Å². The first-order valence-electron chi connectivity index (χ1n) is 10.3. The highest BCUT2D eigenvalue weighted by molar-refractivity contribution is 7.17. The highest BCUT2D eigenvalue weighted by atomic mass is 32.1. The molecule has 4 fully saturated rings. The topological polar surface area (TPSA) is 65.5 Å². The van der Waals surface area contributed by atoms with Crippen molar-refractivity contribution in [2.75, 3.05) is 26.2 Å². The van der Waals surface area contributed by atoms with Crippen molar-refractivity contribution < 1.29 is 9.59 Å². The molecule has 1 N–H and O–H groups in total. The van der Waals surface area contributed by atoms with E-state index in [2.05, 4.69) is 22.1 Å². The van der Waals surface area contributed by atoms with Crippen LogP contribution in [0, 0.1) is 5.92 Å². The zero-order valence-corrected chi connectivity index (χ0v) is 17.0. The molecule has 2 aromatic rings. The Morgan fingerprint density at radius 1 is 1.18 bits per heavy atom. The van der Waals surface area contributed by atoms with Crippen LogP contribution >= 0.6 is 11.3 Å². The Morgan fingerprint density at radius 2 is 1.93 bits per heavy atom. The predicted molar refractivity (Wildman–Crippen MR) is 110 cm³/mol. The van der Waals surface area contributed by atoms with Gasteiger partial charge in [0.25, 0.3) is 11.8 Å². The molecule has 6 rings (SSSR count). The van der Waals surface area contributed by atoms with Crippen molar-refractivity contribution in [3.63, 3.8) is 0 Å². The smallest absolute Gasteiger partial charge is 0.270 e. The van der Waals surface area contributed by atoms with Gasteiger partial charge in [-0.25, -0.2) is 4.98 Å². The van der Waals surface area contributed by atoms with Gasteiger partial charge in [0.1, 0.15) is 5.69 Å². The third-order valence-corrected chi connectivity index (χ3v) is 7.73. The number of thiophene rings is 1. The van der Waals surface area contributed by atoms with Crippen molar-refractivity contribution >= 4 is 33.2 Å². The Balaban J connectivity index is 1.39. The summed E-state index contributed by atoms with van der Waals surface area (Å²) in [7, 11) is 0. The molecule has 0 unspecified atom stereocenters. The van der Waals surface area contributed by atoms with Crippen LogP contribution in [0.3, 0.4) is 0 Å². The Labute approximate surface area is 168 Å². The molecule has 4 aliphatic heterocycles. The maximum absolute atomic E-state index is 13.0. The van der Waals surface area contributed by atoms with E-state index >= 15 is 0 Å². The average Bonchev–Trinajstić information content (AvgIpc) is 3.40. The van der Waals surface area contributed by atoms with Gasteiger partial charge in [-0.3, -0.25) is 14.5 Å². The van der Waals surface area contributed by atoms with E-state index in [1.165, 1.54) is 11.3 Å². The number of carbonyl (C=O) groups excluding carboxylic acids is 2. The van der Waals surface area contributed by atoms with Crippen LogP contribution in [0.1, 0.15) is 53.5 Å². The van der Waals surface area contributed by atoms with Crippen LogP contribution in [0.5, 0.6) is 0 Å². The number of piperidine rings is 3. The van der Waals surface area contributed by atoms with Crippen LogP contribution in [0.15, 0.2) is 17.6 Å². The van der Waals surface area contributed by atoms with E-state index in [1.54, 1.807) is 12.3 Å². The van der Waals surface area contributed by atoms with E-state index < -0.39 is 0 Å². The minimum atomic E-state index is -0.127. The lowest BCUT2D eigenvalue weighted by Gasteiger charge is -2.49. The summed E-state index contributed by atoms with van der Waals surface area (Å²) >= 11 is 1.52. The second-order valence-electron chi connectivity index (χ2n) is 8.33. The first-order valence-corrected chi connectivity index (χ1v) is 11.2. The number of aromatic nitrogens is 1. The molecule has 4 saturated heterocycles. The van der Waals surface area contributed by atoms with Gasteiger partial charge in [-0.2, -0.15) is 0 Å². The molecule has 2 bridgehead atoms. The number of likely N-dealkylation sites (tertiary alicyclic amines) is 1. The number of rotatable bonds is 3. The van der Waals surface area contributed by atoms with Gasteiger partial charge in [0.05, 0.1) is 10.3 Å². The van der Waals surface area contributed by atoms with Crippen LogP contribution in [0.2, 0.25) is 0 Å². The Morgan fingerprint density at radius 3 is 2.64 bits per heavy atom. The highest BCUT2D eigenvalue weighted by Crippen LogP contribution is 2.32. The van der Waals surface area contributed by atoms with Crippen molar-refractivity contribution in [1.82, 2.24) is 20.1 Å². The number of fused-ring (bicyclic) bond motifs is 4. The summed E-state index contributed by atoms with van der Waals surface area (Å²) in [5.41, 5.74) is 1.11. The van der Waals surface area contributed by atoms with Crippen molar-refractivity contribution in [3.8, 4) is 0 Å². The quantitative estimate of drug-likeness (QED) is 0.863. The molecule has 6 nitrogen and oxygen atoms in total. The average molecular weight is 399 g/mol. The summed E-state index contributed by atoms with van der Waals surface area (Å²) in [6.45, 7) is 6.13. The summed E-state index contributed by atoms with van der Waals surface area (Å²) < 4.78 is 0.954. The number of pyridine rings is 1. The molecular formula is C21H26N4O2S. The number of hydrogen-bond acceptors (Lipinski definition) is 5. The molecule has 0 radical (unpaired) electrons. The molecule has 2 atom stereocenters. The largest absolute Gasteiger partial charge is 0.346 e. The zero-order chi connectivity index (χ0) is 19.3. The normalized spacial score (nSPS) is 29.4. The summed E-state index contributed by atoms with van der Waals surface area (Å²) in [5, 5.41) is 6.00. The maximum Gasteiger partial charge on any atom is 0.270 e. The van der Waals surface area contributed by atoms with E-state index in [0.717, 1.165) is 61.9 Å². The van der Waals surface area contributed by atoms with E-state index in [1.807, 2.05) is 10.3 Å². The van der Waals surface area contributed by atoms with Crippen LogP contribution < -0.4 is 5.32 Å². The second-order valence-corrected chi connectivity index (χ2v) is 9.24. The van der Waals surface area contributed by atoms with E-state index in [4.69, 9.17) is 0 Å². The van der Waals surface area contributed by atoms with Gasteiger partial charge in [0, 0.05) is 42.1 Å². The van der Waals surface area contributed by atoms with Gasteiger partial charge >= 0.3 is 0 Å². The molecule has 6 heterocycles. The molecule has 0 aromatic carbocycles. The fourth-order valence-corrected chi connectivity index (χ4v) is 5.97. The minimum Gasteiger partial charge on any atom is -0.346 e. The van der Waals surface area contributed by atoms with Gasteiger partial charge in [0.2, 0.25) is 0 Å².